The van der Waals surface area contributed by atoms with Crippen molar-refractivity contribution in [2.75, 3.05) is 0 Å². The molecule has 1 unspecified atom stereocenters. The lowest BCUT2D eigenvalue weighted by Crippen LogP contribution is -2.07. The van der Waals surface area contributed by atoms with Crippen molar-refractivity contribution in [2.45, 2.75) is 38.5 Å². The average molecular weight is 265 g/mol. The second-order valence-corrected chi connectivity index (χ2v) is 5.80. The van der Waals surface area contributed by atoms with E-state index in [0.717, 1.165) is 19.3 Å². The Labute approximate surface area is 114 Å². The molecule has 18 heavy (non-hydrogen) atoms. The van der Waals surface area contributed by atoms with E-state index in [2.05, 4.69) is 43.2 Å². The van der Waals surface area contributed by atoms with Crippen LogP contribution in [0, 0.1) is 5.92 Å². The summed E-state index contributed by atoms with van der Waals surface area (Å²) in [6.45, 7) is 4.35. The minimum atomic E-state index is 0.278. The summed E-state index contributed by atoms with van der Waals surface area (Å²) < 4.78 is 1.96. The minimum absolute atomic E-state index is 0.278. The fourth-order valence-corrected chi connectivity index (χ4v) is 2.43. The maximum absolute atomic E-state index is 6.28. The van der Waals surface area contributed by atoms with E-state index in [1.165, 1.54) is 16.6 Å². The molecule has 2 nitrogen and oxygen atoms in total. The first-order valence-corrected chi connectivity index (χ1v) is 7.08. The van der Waals surface area contributed by atoms with Crippen LogP contribution in [-0.2, 0) is 13.5 Å². The lowest BCUT2D eigenvalue weighted by Gasteiger charge is -2.12. The van der Waals surface area contributed by atoms with E-state index >= 15 is 0 Å². The molecule has 0 bridgehead atoms. The molecule has 1 heterocycles. The van der Waals surface area contributed by atoms with Gasteiger partial charge in [0, 0.05) is 17.8 Å². The summed E-state index contributed by atoms with van der Waals surface area (Å²) in [5.41, 5.74) is 2.40. The number of para-hydroxylation sites is 1. The third-order valence-electron chi connectivity index (χ3n) is 3.45. The van der Waals surface area contributed by atoms with Crippen molar-refractivity contribution >= 4 is 22.5 Å². The van der Waals surface area contributed by atoms with Gasteiger partial charge in [0.15, 0.2) is 0 Å². The fraction of sp³-hybridized carbons (Fsp3) is 0.533. The predicted molar refractivity (Wildman–Crippen MR) is 78.1 cm³/mol. The fourth-order valence-electron chi connectivity index (χ4n) is 2.27. The van der Waals surface area contributed by atoms with Gasteiger partial charge in [-0.3, -0.25) is 4.68 Å². The Balaban J connectivity index is 2.04. The number of benzene rings is 1. The first-order chi connectivity index (χ1) is 8.59. The SMILES string of the molecule is CC(C)C(Cl)CCCc1nn(C)c2ccccc12. The first-order valence-electron chi connectivity index (χ1n) is 6.64. The quantitative estimate of drug-likeness (QED) is 0.742. The molecule has 1 aromatic carbocycles. The van der Waals surface area contributed by atoms with Crippen molar-refractivity contribution < 1.29 is 0 Å². The maximum Gasteiger partial charge on any atom is 0.0703 e. The summed E-state index contributed by atoms with van der Waals surface area (Å²) in [6.07, 6.45) is 3.18. The number of aromatic nitrogens is 2. The summed E-state index contributed by atoms with van der Waals surface area (Å²) in [6, 6.07) is 8.40. The molecule has 0 saturated heterocycles. The van der Waals surface area contributed by atoms with Gasteiger partial charge in [0.05, 0.1) is 11.2 Å². The normalized spacial score (nSPS) is 13.4. The number of hydrogen-bond donors (Lipinski definition) is 0. The Kier molecular flexibility index (Phi) is 4.28. The molecule has 1 atom stereocenters. The second-order valence-electron chi connectivity index (χ2n) is 5.24. The van der Waals surface area contributed by atoms with E-state index in [4.69, 9.17) is 11.6 Å². The molecule has 1 aromatic heterocycles. The second kappa shape index (κ2) is 5.75. The molecular formula is C15H21ClN2. The van der Waals surface area contributed by atoms with Crippen molar-refractivity contribution in [3.63, 3.8) is 0 Å². The topological polar surface area (TPSA) is 17.8 Å². The summed E-state index contributed by atoms with van der Waals surface area (Å²) in [5, 5.41) is 6.16. The smallest absolute Gasteiger partial charge is 0.0703 e. The highest BCUT2D eigenvalue weighted by Gasteiger charge is 2.11. The van der Waals surface area contributed by atoms with E-state index < -0.39 is 0 Å². The highest BCUT2D eigenvalue weighted by molar-refractivity contribution is 6.20. The minimum Gasteiger partial charge on any atom is -0.268 e. The van der Waals surface area contributed by atoms with Crippen LogP contribution in [0.1, 0.15) is 32.4 Å². The maximum atomic E-state index is 6.28. The lowest BCUT2D eigenvalue weighted by molar-refractivity contribution is 0.544. The molecule has 2 rings (SSSR count). The van der Waals surface area contributed by atoms with E-state index in [1.807, 2.05) is 11.7 Å². The van der Waals surface area contributed by atoms with Crippen molar-refractivity contribution in [3.8, 4) is 0 Å². The molecule has 0 aliphatic carbocycles. The van der Waals surface area contributed by atoms with Crippen LogP contribution in [0.3, 0.4) is 0 Å². The van der Waals surface area contributed by atoms with Crippen molar-refractivity contribution in [2.24, 2.45) is 13.0 Å². The van der Waals surface area contributed by atoms with Crippen molar-refractivity contribution in [3.05, 3.63) is 30.0 Å². The van der Waals surface area contributed by atoms with E-state index in [1.54, 1.807) is 0 Å². The Hall–Kier alpha value is -1.02. The van der Waals surface area contributed by atoms with Gasteiger partial charge in [0.2, 0.25) is 0 Å². The summed E-state index contributed by atoms with van der Waals surface area (Å²) >= 11 is 6.28. The van der Waals surface area contributed by atoms with Crippen molar-refractivity contribution in [1.82, 2.24) is 9.78 Å². The predicted octanol–water partition coefficient (Wildman–Crippen LogP) is 4.16. The standard InChI is InChI=1S/C15H21ClN2/c1-11(2)13(16)8-6-9-14-12-7-4-5-10-15(12)18(3)17-14/h4-5,7,10-11,13H,6,8-9H2,1-3H3. The molecule has 0 aliphatic heterocycles. The number of rotatable bonds is 5. The van der Waals surface area contributed by atoms with Crippen LogP contribution in [-0.4, -0.2) is 15.2 Å². The molecule has 0 spiro atoms. The molecule has 0 fully saturated rings. The average Bonchev–Trinajstić information content (AvgIpc) is 2.67. The Morgan fingerprint density at radius 2 is 2.00 bits per heavy atom. The number of fused-ring (bicyclic) bond motifs is 1. The summed E-state index contributed by atoms with van der Waals surface area (Å²) in [7, 11) is 2.00. The Bertz CT molecular complexity index is 516. The molecule has 0 amide bonds. The van der Waals surface area contributed by atoms with Crippen LogP contribution < -0.4 is 0 Å². The molecule has 2 aromatic rings. The summed E-state index contributed by atoms with van der Waals surface area (Å²) in [5.74, 6) is 0.548. The van der Waals surface area contributed by atoms with Gasteiger partial charge in [-0.2, -0.15) is 5.10 Å². The van der Waals surface area contributed by atoms with Gasteiger partial charge < -0.3 is 0 Å². The lowest BCUT2D eigenvalue weighted by atomic mass is 10.0. The van der Waals surface area contributed by atoms with Gasteiger partial charge in [-0.15, -0.1) is 11.6 Å². The van der Waals surface area contributed by atoms with Crippen LogP contribution in [0.2, 0.25) is 0 Å². The number of aryl methyl sites for hydroxylation is 2. The van der Waals surface area contributed by atoms with E-state index in [9.17, 15) is 0 Å². The molecule has 0 radical (unpaired) electrons. The van der Waals surface area contributed by atoms with Crippen LogP contribution >= 0.6 is 11.6 Å². The molecule has 0 saturated carbocycles. The van der Waals surface area contributed by atoms with Crippen LogP contribution in [0.5, 0.6) is 0 Å². The third-order valence-corrected chi connectivity index (χ3v) is 4.17. The number of halogens is 1. The van der Waals surface area contributed by atoms with Gasteiger partial charge in [-0.05, 0) is 31.2 Å². The number of hydrogen-bond acceptors (Lipinski definition) is 1. The zero-order chi connectivity index (χ0) is 13.1. The monoisotopic (exact) mass is 264 g/mol. The largest absolute Gasteiger partial charge is 0.268 e. The van der Waals surface area contributed by atoms with Gasteiger partial charge in [0.1, 0.15) is 0 Å². The molecule has 3 heteroatoms. The van der Waals surface area contributed by atoms with Crippen LogP contribution in [0.4, 0.5) is 0 Å². The highest BCUT2D eigenvalue weighted by Crippen LogP contribution is 2.21. The van der Waals surface area contributed by atoms with Gasteiger partial charge >= 0.3 is 0 Å². The molecular weight excluding hydrogens is 244 g/mol. The van der Waals surface area contributed by atoms with E-state index in [-0.39, 0.29) is 5.38 Å². The Morgan fingerprint density at radius 3 is 2.72 bits per heavy atom. The molecule has 98 valence electrons. The summed E-state index contributed by atoms with van der Waals surface area (Å²) in [4.78, 5) is 0. The van der Waals surface area contributed by atoms with Gasteiger partial charge in [0.25, 0.3) is 0 Å². The van der Waals surface area contributed by atoms with E-state index in [0.29, 0.717) is 5.92 Å². The van der Waals surface area contributed by atoms with Gasteiger partial charge in [-0.25, -0.2) is 0 Å². The highest BCUT2D eigenvalue weighted by atomic mass is 35.5. The molecule has 0 N–H and O–H groups in total. The zero-order valence-corrected chi connectivity index (χ0v) is 12.1. The number of nitrogens with zero attached hydrogens (tertiary/aromatic N) is 2. The number of alkyl halides is 1. The van der Waals surface area contributed by atoms with Crippen molar-refractivity contribution in [1.29, 1.82) is 0 Å². The van der Waals surface area contributed by atoms with Crippen LogP contribution in [0.15, 0.2) is 24.3 Å². The Morgan fingerprint density at radius 1 is 1.28 bits per heavy atom. The molecule has 0 aliphatic rings. The van der Waals surface area contributed by atoms with Gasteiger partial charge in [-0.1, -0.05) is 32.0 Å². The zero-order valence-electron chi connectivity index (χ0n) is 11.4. The first kappa shape index (κ1) is 13.4. The van der Waals surface area contributed by atoms with Crippen LogP contribution in [0.25, 0.3) is 10.9 Å². The third kappa shape index (κ3) is 2.86.